The standard InChI is InChI=1S/C23H24O/c1-5-15-6-9-20-19-10-7-16-13-17(23(2,3)4)8-11-18(16)21(19)14-24-22(20)12-15/h6-13H,5,14H2,1-4H3. The zero-order chi connectivity index (χ0) is 16.9. The normalized spacial score (nSPS) is 13.3. The summed E-state index contributed by atoms with van der Waals surface area (Å²) in [7, 11) is 0. The molecule has 0 spiro atoms. The van der Waals surface area contributed by atoms with Gasteiger partial charge in [-0.1, -0.05) is 70.2 Å². The smallest absolute Gasteiger partial charge is 0.127 e. The van der Waals surface area contributed by atoms with E-state index in [0.29, 0.717) is 6.61 Å². The zero-order valence-electron chi connectivity index (χ0n) is 14.9. The average Bonchev–Trinajstić information content (AvgIpc) is 2.59. The van der Waals surface area contributed by atoms with Crippen LogP contribution >= 0.6 is 0 Å². The van der Waals surface area contributed by atoms with Crippen LogP contribution < -0.4 is 4.74 Å². The van der Waals surface area contributed by atoms with Crippen molar-refractivity contribution in [3.8, 4) is 16.9 Å². The minimum absolute atomic E-state index is 0.170. The van der Waals surface area contributed by atoms with Gasteiger partial charge in [-0.3, -0.25) is 0 Å². The highest BCUT2D eigenvalue weighted by atomic mass is 16.5. The summed E-state index contributed by atoms with van der Waals surface area (Å²) in [5, 5.41) is 2.61. The van der Waals surface area contributed by atoms with Gasteiger partial charge in [-0.05, 0) is 45.4 Å². The highest BCUT2D eigenvalue weighted by molar-refractivity contribution is 5.94. The topological polar surface area (TPSA) is 9.23 Å². The third-order valence-electron chi connectivity index (χ3n) is 5.11. The summed E-state index contributed by atoms with van der Waals surface area (Å²) in [6.07, 6.45) is 1.04. The summed E-state index contributed by atoms with van der Waals surface area (Å²) in [5.74, 6) is 1.02. The van der Waals surface area contributed by atoms with Gasteiger partial charge in [0.05, 0.1) is 0 Å². The highest BCUT2D eigenvalue weighted by Gasteiger charge is 2.21. The summed E-state index contributed by atoms with van der Waals surface area (Å²) in [6.45, 7) is 9.62. The van der Waals surface area contributed by atoms with Crippen LogP contribution in [0.15, 0.2) is 48.5 Å². The number of rotatable bonds is 1. The third kappa shape index (κ3) is 2.39. The highest BCUT2D eigenvalue weighted by Crippen LogP contribution is 2.41. The van der Waals surface area contributed by atoms with Gasteiger partial charge in [0.2, 0.25) is 0 Å². The van der Waals surface area contributed by atoms with Gasteiger partial charge in [0.25, 0.3) is 0 Å². The molecule has 0 bridgehead atoms. The molecule has 1 aliphatic rings. The Balaban J connectivity index is 1.90. The first kappa shape index (κ1) is 15.3. The first-order chi connectivity index (χ1) is 11.5. The van der Waals surface area contributed by atoms with E-state index in [9.17, 15) is 0 Å². The van der Waals surface area contributed by atoms with Crippen molar-refractivity contribution < 1.29 is 4.74 Å². The van der Waals surface area contributed by atoms with E-state index in [1.165, 1.54) is 38.6 Å². The molecule has 0 N–H and O–H groups in total. The summed E-state index contributed by atoms with van der Waals surface area (Å²) >= 11 is 0. The predicted octanol–water partition coefficient (Wildman–Crippen LogP) is 6.26. The van der Waals surface area contributed by atoms with E-state index < -0.39 is 0 Å². The van der Waals surface area contributed by atoms with Crippen molar-refractivity contribution in [2.45, 2.75) is 46.1 Å². The fraction of sp³-hybridized carbons (Fsp3) is 0.304. The maximum atomic E-state index is 6.10. The lowest BCUT2D eigenvalue weighted by Gasteiger charge is -2.24. The number of fused-ring (bicyclic) bond motifs is 5. The molecule has 0 aliphatic carbocycles. The molecule has 1 heterocycles. The van der Waals surface area contributed by atoms with Crippen LogP contribution in [0.3, 0.4) is 0 Å². The monoisotopic (exact) mass is 316 g/mol. The summed E-state index contributed by atoms with van der Waals surface area (Å²) < 4.78 is 6.10. The predicted molar refractivity (Wildman–Crippen MR) is 102 cm³/mol. The molecule has 0 saturated carbocycles. The molecular formula is C23H24O. The van der Waals surface area contributed by atoms with Crippen molar-refractivity contribution in [1.29, 1.82) is 0 Å². The first-order valence-corrected chi connectivity index (χ1v) is 8.79. The Hall–Kier alpha value is -2.28. The summed E-state index contributed by atoms with van der Waals surface area (Å²) in [6, 6.07) is 18.0. The molecule has 0 saturated heterocycles. The van der Waals surface area contributed by atoms with Crippen molar-refractivity contribution >= 4 is 10.8 Å². The number of hydrogen-bond donors (Lipinski definition) is 0. The largest absolute Gasteiger partial charge is 0.488 e. The van der Waals surface area contributed by atoms with Crippen LogP contribution in [0.1, 0.15) is 44.4 Å². The van der Waals surface area contributed by atoms with Gasteiger partial charge in [0.15, 0.2) is 0 Å². The minimum atomic E-state index is 0.170. The summed E-state index contributed by atoms with van der Waals surface area (Å²) in [4.78, 5) is 0. The lowest BCUT2D eigenvalue weighted by molar-refractivity contribution is 0.303. The lowest BCUT2D eigenvalue weighted by Crippen LogP contribution is -2.11. The van der Waals surface area contributed by atoms with Gasteiger partial charge in [-0.2, -0.15) is 0 Å². The molecule has 0 radical (unpaired) electrons. The van der Waals surface area contributed by atoms with Crippen molar-refractivity contribution in [1.82, 2.24) is 0 Å². The number of aryl methyl sites for hydroxylation is 1. The van der Waals surface area contributed by atoms with Gasteiger partial charge in [-0.15, -0.1) is 0 Å². The SMILES string of the molecule is CCc1ccc2c(c1)OCc1c-2ccc2cc(C(C)(C)C)ccc12. The second-order valence-corrected chi connectivity index (χ2v) is 7.75. The van der Waals surface area contributed by atoms with Crippen LogP contribution in [0.25, 0.3) is 21.9 Å². The molecule has 24 heavy (non-hydrogen) atoms. The van der Waals surface area contributed by atoms with Crippen LogP contribution in [-0.4, -0.2) is 0 Å². The number of ether oxygens (including phenoxy) is 1. The molecule has 122 valence electrons. The van der Waals surface area contributed by atoms with Gasteiger partial charge < -0.3 is 4.74 Å². The average molecular weight is 316 g/mol. The Morgan fingerprint density at radius 1 is 0.917 bits per heavy atom. The molecule has 0 aromatic heterocycles. The van der Waals surface area contributed by atoms with Gasteiger partial charge in [-0.25, -0.2) is 0 Å². The Bertz CT molecular complexity index is 929. The van der Waals surface area contributed by atoms with Crippen LogP contribution in [0, 0.1) is 0 Å². The second kappa shape index (κ2) is 5.37. The quantitative estimate of drug-likeness (QED) is 0.515. The lowest BCUT2D eigenvalue weighted by atomic mass is 9.84. The zero-order valence-corrected chi connectivity index (χ0v) is 14.9. The molecule has 4 rings (SSSR count). The van der Waals surface area contributed by atoms with Crippen molar-refractivity contribution in [3.63, 3.8) is 0 Å². The Morgan fingerprint density at radius 2 is 1.71 bits per heavy atom. The van der Waals surface area contributed by atoms with Crippen LogP contribution in [-0.2, 0) is 18.4 Å². The second-order valence-electron chi connectivity index (χ2n) is 7.75. The number of hydrogen-bond acceptors (Lipinski definition) is 1. The maximum absolute atomic E-state index is 6.10. The molecule has 0 amide bonds. The first-order valence-electron chi connectivity index (χ1n) is 8.79. The van der Waals surface area contributed by atoms with Crippen LogP contribution in [0.4, 0.5) is 0 Å². The van der Waals surface area contributed by atoms with Crippen molar-refractivity contribution in [2.24, 2.45) is 0 Å². The van der Waals surface area contributed by atoms with E-state index >= 15 is 0 Å². The molecule has 1 heteroatoms. The Kier molecular flexibility index (Phi) is 3.42. The van der Waals surface area contributed by atoms with Crippen molar-refractivity contribution in [3.05, 3.63) is 65.2 Å². The van der Waals surface area contributed by atoms with Gasteiger partial charge in [0, 0.05) is 11.1 Å². The van der Waals surface area contributed by atoms with Crippen molar-refractivity contribution in [2.75, 3.05) is 0 Å². The van der Waals surface area contributed by atoms with Gasteiger partial charge >= 0.3 is 0 Å². The van der Waals surface area contributed by atoms with E-state index in [2.05, 4.69) is 76.2 Å². The van der Waals surface area contributed by atoms with E-state index in [-0.39, 0.29) is 5.41 Å². The third-order valence-corrected chi connectivity index (χ3v) is 5.11. The molecule has 0 fully saturated rings. The summed E-state index contributed by atoms with van der Waals surface area (Å²) in [5.41, 5.74) is 6.71. The molecule has 0 unspecified atom stereocenters. The van der Waals surface area contributed by atoms with Crippen LogP contribution in [0.2, 0.25) is 0 Å². The van der Waals surface area contributed by atoms with Crippen LogP contribution in [0.5, 0.6) is 5.75 Å². The molecule has 1 aliphatic heterocycles. The maximum Gasteiger partial charge on any atom is 0.127 e. The molecule has 0 atom stereocenters. The van der Waals surface area contributed by atoms with E-state index in [0.717, 1.165) is 12.2 Å². The van der Waals surface area contributed by atoms with E-state index in [1.807, 2.05) is 0 Å². The molecule has 3 aromatic carbocycles. The Labute approximate surface area is 144 Å². The minimum Gasteiger partial charge on any atom is -0.488 e. The molecular weight excluding hydrogens is 292 g/mol. The molecule has 1 nitrogen and oxygen atoms in total. The van der Waals surface area contributed by atoms with Gasteiger partial charge in [0.1, 0.15) is 12.4 Å². The van der Waals surface area contributed by atoms with E-state index in [1.54, 1.807) is 0 Å². The Morgan fingerprint density at radius 3 is 2.46 bits per heavy atom. The number of benzene rings is 3. The fourth-order valence-electron chi connectivity index (χ4n) is 3.55. The van der Waals surface area contributed by atoms with E-state index in [4.69, 9.17) is 4.74 Å². The molecule has 3 aromatic rings. The fourth-order valence-corrected chi connectivity index (χ4v) is 3.55.